The summed E-state index contributed by atoms with van der Waals surface area (Å²) in [5, 5.41) is 8.93. The fourth-order valence-corrected chi connectivity index (χ4v) is 3.58. The minimum atomic E-state index is -0.274. The minimum absolute atomic E-state index is 0.274. The van der Waals surface area contributed by atoms with E-state index in [-0.39, 0.29) is 6.03 Å². The average Bonchev–Trinajstić information content (AvgIpc) is 2.73. The maximum absolute atomic E-state index is 12.1. The van der Waals surface area contributed by atoms with Crippen LogP contribution in [0.2, 0.25) is 0 Å². The number of carbonyl (C=O) groups excluding carboxylic acids is 1. The van der Waals surface area contributed by atoms with Crippen LogP contribution < -0.4 is 16.0 Å². The molecular weight excluding hydrogens is 396 g/mol. The fourth-order valence-electron chi connectivity index (χ4n) is 3.38. The lowest BCUT2D eigenvalue weighted by Gasteiger charge is -2.32. The molecule has 2 amide bonds. The molecule has 0 saturated carbocycles. The Bertz CT molecular complexity index is 756. The number of benzene rings is 1. The zero-order valence-corrected chi connectivity index (χ0v) is 19.1. The van der Waals surface area contributed by atoms with Crippen molar-refractivity contribution in [2.75, 3.05) is 32.0 Å². The molecule has 0 aromatic heterocycles. The summed E-state index contributed by atoms with van der Waals surface area (Å²) in [7, 11) is 1.80. The molecule has 1 fully saturated rings. The molecular formula is C22H34N6OS. The molecule has 0 bridgehead atoms. The summed E-state index contributed by atoms with van der Waals surface area (Å²) in [6.45, 7) is 6.67. The number of aliphatic imine (C=N–C) groups is 2. The zero-order chi connectivity index (χ0) is 21.8. The summed E-state index contributed by atoms with van der Waals surface area (Å²) >= 11 is 5.22. The lowest BCUT2D eigenvalue weighted by atomic mass is 9.94. The van der Waals surface area contributed by atoms with Crippen molar-refractivity contribution in [2.24, 2.45) is 15.9 Å². The van der Waals surface area contributed by atoms with Gasteiger partial charge in [0.25, 0.3) is 0 Å². The van der Waals surface area contributed by atoms with Crippen LogP contribution in [0.5, 0.6) is 0 Å². The van der Waals surface area contributed by atoms with Gasteiger partial charge in [0, 0.05) is 38.6 Å². The molecule has 0 unspecified atom stereocenters. The quantitative estimate of drug-likeness (QED) is 0.363. The Balaban J connectivity index is 1.64. The molecule has 1 aliphatic heterocycles. The van der Waals surface area contributed by atoms with Crippen LogP contribution in [0, 0.1) is 12.8 Å². The molecule has 164 valence electrons. The number of amides is 2. The molecule has 7 nitrogen and oxygen atoms in total. The number of carbonyl (C=O) groups is 1. The maximum atomic E-state index is 12.1. The van der Waals surface area contributed by atoms with Gasteiger partial charge in [-0.3, -0.25) is 10.3 Å². The van der Waals surface area contributed by atoms with Crippen LogP contribution in [0.4, 0.5) is 10.5 Å². The number of piperidine rings is 1. The Morgan fingerprint density at radius 1 is 1.30 bits per heavy atom. The summed E-state index contributed by atoms with van der Waals surface area (Å²) in [4.78, 5) is 23.1. The van der Waals surface area contributed by atoms with Crippen LogP contribution in [0.15, 0.2) is 34.3 Å². The van der Waals surface area contributed by atoms with E-state index in [4.69, 9.17) is 12.2 Å². The van der Waals surface area contributed by atoms with Gasteiger partial charge in [-0.25, -0.2) is 9.79 Å². The molecule has 1 aromatic rings. The minimum Gasteiger partial charge on any atom is -0.341 e. The van der Waals surface area contributed by atoms with Gasteiger partial charge < -0.3 is 15.5 Å². The molecule has 1 aromatic carbocycles. The predicted octanol–water partition coefficient (Wildman–Crippen LogP) is 3.95. The van der Waals surface area contributed by atoms with Gasteiger partial charge in [0.15, 0.2) is 5.11 Å². The van der Waals surface area contributed by atoms with E-state index < -0.39 is 0 Å². The first-order valence-corrected chi connectivity index (χ1v) is 11.1. The van der Waals surface area contributed by atoms with Crippen molar-refractivity contribution in [2.45, 2.75) is 46.0 Å². The first-order valence-electron chi connectivity index (χ1n) is 10.7. The largest absolute Gasteiger partial charge is 0.341 e. The van der Waals surface area contributed by atoms with Crippen molar-refractivity contribution in [1.29, 1.82) is 0 Å². The van der Waals surface area contributed by atoms with E-state index in [1.54, 1.807) is 7.05 Å². The summed E-state index contributed by atoms with van der Waals surface area (Å²) < 4.78 is 0. The molecule has 1 aliphatic rings. The van der Waals surface area contributed by atoms with E-state index in [0.29, 0.717) is 17.6 Å². The van der Waals surface area contributed by atoms with E-state index in [1.807, 2.05) is 37.4 Å². The maximum Gasteiger partial charge on any atom is 0.321 e. The number of unbranched alkanes of at least 4 members (excludes halogenated alkanes) is 1. The Hall–Kier alpha value is -2.48. The molecule has 3 N–H and O–H groups in total. The topological polar surface area (TPSA) is 81.1 Å². The molecule has 0 atom stereocenters. The van der Waals surface area contributed by atoms with Gasteiger partial charge in [-0.2, -0.15) is 0 Å². The number of anilines is 1. The number of guanidine groups is 1. The summed E-state index contributed by atoms with van der Waals surface area (Å²) in [6.07, 6.45) is 7.15. The van der Waals surface area contributed by atoms with Crippen LogP contribution >= 0.6 is 12.2 Å². The Kier molecular flexibility index (Phi) is 10.3. The molecule has 0 radical (unpaired) electrons. The van der Waals surface area contributed by atoms with Crippen molar-refractivity contribution >= 4 is 41.2 Å². The zero-order valence-electron chi connectivity index (χ0n) is 18.3. The van der Waals surface area contributed by atoms with Crippen molar-refractivity contribution in [3.05, 3.63) is 29.8 Å². The van der Waals surface area contributed by atoms with Gasteiger partial charge in [0.1, 0.15) is 0 Å². The van der Waals surface area contributed by atoms with E-state index >= 15 is 0 Å². The first kappa shape index (κ1) is 23.8. The van der Waals surface area contributed by atoms with Gasteiger partial charge >= 0.3 is 6.03 Å². The Morgan fingerprint density at radius 3 is 2.70 bits per heavy atom. The Morgan fingerprint density at radius 2 is 2.03 bits per heavy atom. The number of para-hydroxylation sites is 1. The monoisotopic (exact) mass is 430 g/mol. The number of hydrogen-bond acceptors (Lipinski definition) is 3. The van der Waals surface area contributed by atoms with E-state index in [9.17, 15) is 4.79 Å². The third kappa shape index (κ3) is 8.10. The molecule has 2 rings (SSSR count). The SMILES string of the molecule is CCC/C=N\C(=N/C)N1CCC(CCNC(=O)NC(=S)Nc2ccccc2C)CC1. The number of rotatable bonds is 6. The smallest absolute Gasteiger partial charge is 0.321 e. The normalized spacial score (nSPS) is 15.3. The molecule has 1 heterocycles. The van der Waals surface area contributed by atoms with Crippen LogP contribution in [0.3, 0.4) is 0 Å². The highest BCUT2D eigenvalue weighted by Crippen LogP contribution is 2.20. The number of thiocarbonyl (C=S) groups is 1. The van der Waals surface area contributed by atoms with Gasteiger partial charge in [-0.05, 0) is 62.4 Å². The van der Waals surface area contributed by atoms with Gasteiger partial charge in [0.2, 0.25) is 5.96 Å². The third-order valence-corrected chi connectivity index (χ3v) is 5.38. The standard InChI is InChI=1S/C22H34N6OS/c1-4-5-13-24-20(23-3)28-15-11-18(12-16-28)10-14-25-21(29)27-22(30)26-19-9-7-6-8-17(19)2/h6-9,13,18H,4-5,10-12,14-16H2,1-3H3,(H3,25,26,27,29,30)/b23-20+,24-13-. The van der Waals surface area contributed by atoms with Crippen molar-refractivity contribution in [1.82, 2.24) is 15.5 Å². The predicted molar refractivity (Wildman–Crippen MR) is 130 cm³/mol. The van der Waals surface area contributed by atoms with Crippen molar-refractivity contribution < 1.29 is 4.79 Å². The molecule has 30 heavy (non-hydrogen) atoms. The Labute approximate surface area is 185 Å². The molecule has 0 spiro atoms. The second kappa shape index (κ2) is 13.0. The lowest BCUT2D eigenvalue weighted by molar-refractivity contribution is 0.237. The van der Waals surface area contributed by atoms with E-state index in [2.05, 4.69) is 37.8 Å². The molecule has 1 saturated heterocycles. The highest BCUT2D eigenvalue weighted by molar-refractivity contribution is 7.80. The number of nitrogens with zero attached hydrogens (tertiary/aromatic N) is 3. The summed E-state index contributed by atoms with van der Waals surface area (Å²) in [5.41, 5.74) is 1.96. The summed E-state index contributed by atoms with van der Waals surface area (Å²) in [5.74, 6) is 1.42. The van der Waals surface area contributed by atoms with Crippen LogP contribution in [0.25, 0.3) is 0 Å². The number of urea groups is 1. The first-order chi connectivity index (χ1) is 14.5. The third-order valence-electron chi connectivity index (χ3n) is 5.18. The van der Waals surface area contributed by atoms with Gasteiger partial charge in [0.05, 0.1) is 0 Å². The van der Waals surface area contributed by atoms with Crippen LogP contribution in [-0.4, -0.2) is 54.9 Å². The second-order valence-corrected chi connectivity index (χ2v) is 7.90. The average molecular weight is 431 g/mol. The number of likely N-dealkylation sites (tertiary alicyclic amines) is 1. The van der Waals surface area contributed by atoms with E-state index in [0.717, 1.165) is 62.4 Å². The fraction of sp³-hybridized carbons (Fsp3) is 0.545. The number of aryl methyl sites for hydroxylation is 1. The summed E-state index contributed by atoms with van der Waals surface area (Å²) in [6, 6.07) is 7.53. The number of hydrogen-bond donors (Lipinski definition) is 3. The highest BCUT2D eigenvalue weighted by Gasteiger charge is 2.21. The highest BCUT2D eigenvalue weighted by atomic mass is 32.1. The van der Waals surface area contributed by atoms with Crippen LogP contribution in [-0.2, 0) is 0 Å². The van der Waals surface area contributed by atoms with Crippen molar-refractivity contribution in [3.8, 4) is 0 Å². The van der Waals surface area contributed by atoms with E-state index in [1.165, 1.54) is 0 Å². The van der Waals surface area contributed by atoms with Gasteiger partial charge in [-0.1, -0.05) is 31.5 Å². The van der Waals surface area contributed by atoms with Gasteiger partial charge in [-0.15, -0.1) is 0 Å². The van der Waals surface area contributed by atoms with Crippen molar-refractivity contribution in [3.63, 3.8) is 0 Å². The lowest BCUT2D eigenvalue weighted by Crippen LogP contribution is -2.43. The van der Waals surface area contributed by atoms with Crippen LogP contribution in [0.1, 0.15) is 44.6 Å². The second-order valence-electron chi connectivity index (χ2n) is 7.49. The molecule has 8 heteroatoms. The molecule has 0 aliphatic carbocycles. The number of nitrogens with one attached hydrogen (secondary N) is 3.